The van der Waals surface area contributed by atoms with Crippen LogP contribution in [0.3, 0.4) is 0 Å². The molecule has 0 unspecified atom stereocenters. The number of piperidine rings is 1. The summed E-state index contributed by atoms with van der Waals surface area (Å²) in [5.41, 5.74) is 0.515. The maximum Gasteiger partial charge on any atom is 0.404 e. The Labute approximate surface area is 109 Å². The van der Waals surface area contributed by atoms with E-state index in [1.165, 1.54) is 12.4 Å². The average Bonchev–Trinajstić information content (AvgIpc) is 2.39. The van der Waals surface area contributed by atoms with Gasteiger partial charge in [-0.15, -0.1) is 0 Å². The molecule has 0 radical (unpaired) electrons. The molecule has 1 fully saturated rings. The molecular formula is C11H14N4O4. The van der Waals surface area contributed by atoms with Crippen molar-refractivity contribution in [2.24, 2.45) is 0 Å². The Morgan fingerprint density at radius 2 is 2.21 bits per heavy atom. The molecule has 0 aromatic carbocycles. The van der Waals surface area contributed by atoms with Gasteiger partial charge >= 0.3 is 11.8 Å². The third kappa shape index (κ3) is 3.09. The third-order valence-electron chi connectivity index (χ3n) is 3.14. The third-order valence-corrected chi connectivity index (χ3v) is 3.14. The van der Waals surface area contributed by atoms with Gasteiger partial charge in [0.15, 0.2) is 0 Å². The van der Waals surface area contributed by atoms with E-state index in [1.807, 2.05) is 4.90 Å². The van der Waals surface area contributed by atoms with Gasteiger partial charge in [0.1, 0.15) is 11.9 Å². The molecule has 1 aromatic rings. The Balaban J connectivity index is 2.05. The van der Waals surface area contributed by atoms with Gasteiger partial charge in [0.05, 0.1) is 4.92 Å². The number of aromatic nitrogens is 1. The molecule has 1 aliphatic heterocycles. The number of amides is 1. The lowest BCUT2D eigenvalue weighted by molar-refractivity contribution is -0.384. The van der Waals surface area contributed by atoms with Crippen LogP contribution in [0.2, 0.25) is 0 Å². The zero-order valence-electron chi connectivity index (χ0n) is 10.2. The molecule has 0 bridgehead atoms. The maximum absolute atomic E-state index is 10.9. The number of hydrogen-bond donors (Lipinski definition) is 2. The number of rotatable bonds is 3. The number of nitrogens with zero attached hydrogens (tertiary/aromatic N) is 3. The summed E-state index contributed by atoms with van der Waals surface area (Å²) < 4.78 is 0. The number of carboxylic acid groups (broad SMARTS) is 1. The van der Waals surface area contributed by atoms with E-state index < -0.39 is 11.0 Å². The van der Waals surface area contributed by atoms with Crippen molar-refractivity contribution in [3.63, 3.8) is 0 Å². The van der Waals surface area contributed by atoms with Crippen LogP contribution in [-0.4, -0.2) is 40.2 Å². The molecule has 1 aromatic heterocycles. The van der Waals surface area contributed by atoms with Gasteiger partial charge in [-0.2, -0.15) is 0 Å². The van der Waals surface area contributed by atoms with Crippen molar-refractivity contribution in [1.82, 2.24) is 10.3 Å². The topological polar surface area (TPSA) is 109 Å². The van der Waals surface area contributed by atoms with Crippen LogP contribution in [0, 0.1) is 10.1 Å². The number of anilines is 1. The van der Waals surface area contributed by atoms with Crippen molar-refractivity contribution in [2.45, 2.75) is 18.9 Å². The SMILES string of the molecule is O=C(O)NC1CCN(c2ccncc2[N+](=O)[O-])CC1. The summed E-state index contributed by atoms with van der Waals surface area (Å²) in [4.78, 5) is 26.7. The molecule has 0 atom stereocenters. The molecule has 8 nitrogen and oxygen atoms in total. The van der Waals surface area contributed by atoms with Gasteiger partial charge in [0.25, 0.3) is 0 Å². The molecule has 1 amide bonds. The number of pyridine rings is 1. The second-order valence-corrected chi connectivity index (χ2v) is 4.33. The smallest absolute Gasteiger partial charge is 0.404 e. The summed E-state index contributed by atoms with van der Waals surface area (Å²) in [6.45, 7) is 1.16. The minimum absolute atomic E-state index is 0.0212. The Bertz CT molecular complexity index is 485. The van der Waals surface area contributed by atoms with Gasteiger partial charge in [0.2, 0.25) is 0 Å². The van der Waals surface area contributed by atoms with Crippen LogP contribution in [0.25, 0.3) is 0 Å². The second kappa shape index (κ2) is 5.51. The fraction of sp³-hybridized carbons (Fsp3) is 0.455. The number of carbonyl (C=O) groups is 1. The normalized spacial score (nSPS) is 16.1. The first-order valence-electron chi connectivity index (χ1n) is 5.90. The molecule has 2 heterocycles. The Kier molecular flexibility index (Phi) is 3.79. The molecule has 19 heavy (non-hydrogen) atoms. The van der Waals surface area contributed by atoms with E-state index in [-0.39, 0.29) is 11.7 Å². The van der Waals surface area contributed by atoms with E-state index in [2.05, 4.69) is 10.3 Å². The highest BCUT2D eigenvalue weighted by atomic mass is 16.6. The molecule has 0 aliphatic carbocycles. The number of hydrogen-bond acceptors (Lipinski definition) is 5. The fourth-order valence-corrected chi connectivity index (χ4v) is 2.23. The van der Waals surface area contributed by atoms with E-state index in [1.54, 1.807) is 6.07 Å². The van der Waals surface area contributed by atoms with E-state index in [4.69, 9.17) is 5.11 Å². The first-order chi connectivity index (χ1) is 9.08. The Morgan fingerprint density at radius 1 is 1.53 bits per heavy atom. The lowest BCUT2D eigenvalue weighted by Gasteiger charge is -2.32. The van der Waals surface area contributed by atoms with Crippen LogP contribution < -0.4 is 10.2 Å². The molecule has 1 saturated heterocycles. The maximum atomic E-state index is 10.9. The summed E-state index contributed by atoms with van der Waals surface area (Å²) >= 11 is 0. The van der Waals surface area contributed by atoms with Crippen LogP contribution >= 0.6 is 0 Å². The molecule has 0 saturated carbocycles. The largest absolute Gasteiger partial charge is 0.465 e. The lowest BCUT2D eigenvalue weighted by Crippen LogP contribution is -2.44. The highest BCUT2D eigenvalue weighted by Gasteiger charge is 2.25. The first-order valence-corrected chi connectivity index (χ1v) is 5.90. The monoisotopic (exact) mass is 266 g/mol. The van der Waals surface area contributed by atoms with Crippen molar-refractivity contribution in [3.8, 4) is 0 Å². The lowest BCUT2D eigenvalue weighted by atomic mass is 10.0. The van der Waals surface area contributed by atoms with Crippen LogP contribution in [-0.2, 0) is 0 Å². The average molecular weight is 266 g/mol. The van der Waals surface area contributed by atoms with Gasteiger partial charge < -0.3 is 15.3 Å². The zero-order chi connectivity index (χ0) is 13.8. The standard InChI is InChI=1S/C11H14N4O4/c16-11(17)13-8-2-5-14(6-3-8)9-1-4-12-7-10(9)15(18)19/h1,4,7-8,13H,2-3,5-6H2,(H,16,17). The van der Waals surface area contributed by atoms with Gasteiger partial charge in [0, 0.05) is 25.3 Å². The summed E-state index contributed by atoms with van der Waals surface area (Å²) in [7, 11) is 0. The van der Waals surface area contributed by atoms with Crippen LogP contribution in [0.5, 0.6) is 0 Å². The van der Waals surface area contributed by atoms with Crippen molar-refractivity contribution >= 4 is 17.5 Å². The zero-order valence-corrected chi connectivity index (χ0v) is 10.2. The van der Waals surface area contributed by atoms with Gasteiger partial charge in [-0.05, 0) is 18.9 Å². The van der Waals surface area contributed by atoms with Crippen LogP contribution in [0.1, 0.15) is 12.8 Å². The molecule has 1 aliphatic rings. The molecule has 8 heteroatoms. The van der Waals surface area contributed by atoms with Crippen molar-refractivity contribution in [1.29, 1.82) is 0 Å². The molecular weight excluding hydrogens is 252 g/mol. The predicted octanol–water partition coefficient (Wildman–Crippen LogP) is 1.23. The Hall–Kier alpha value is -2.38. The van der Waals surface area contributed by atoms with E-state index in [0.717, 1.165) is 0 Å². The van der Waals surface area contributed by atoms with Gasteiger partial charge in [-0.3, -0.25) is 15.1 Å². The highest BCUT2D eigenvalue weighted by molar-refractivity contribution is 5.65. The van der Waals surface area contributed by atoms with E-state index in [9.17, 15) is 14.9 Å². The molecule has 2 rings (SSSR count). The second-order valence-electron chi connectivity index (χ2n) is 4.33. The number of nitrogens with one attached hydrogen (secondary N) is 1. The van der Waals surface area contributed by atoms with E-state index in [0.29, 0.717) is 31.6 Å². The predicted molar refractivity (Wildman–Crippen MR) is 67.3 cm³/mol. The fourth-order valence-electron chi connectivity index (χ4n) is 2.23. The Morgan fingerprint density at radius 3 is 2.79 bits per heavy atom. The summed E-state index contributed by atoms with van der Waals surface area (Å²) in [5.74, 6) is 0. The van der Waals surface area contributed by atoms with Gasteiger partial charge in [-0.1, -0.05) is 0 Å². The quantitative estimate of drug-likeness (QED) is 0.629. The minimum Gasteiger partial charge on any atom is -0.465 e. The minimum atomic E-state index is -1.03. The van der Waals surface area contributed by atoms with Crippen molar-refractivity contribution in [2.75, 3.05) is 18.0 Å². The highest BCUT2D eigenvalue weighted by Crippen LogP contribution is 2.28. The van der Waals surface area contributed by atoms with Crippen LogP contribution in [0.15, 0.2) is 18.5 Å². The van der Waals surface area contributed by atoms with Crippen LogP contribution in [0.4, 0.5) is 16.2 Å². The summed E-state index contributed by atoms with van der Waals surface area (Å²) in [6, 6.07) is 1.53. The number of nitro groups is 1. The van der Waals surface area contributed by atoms with Crippen molar-refractivity contribution < 1.29 is 14.8 Å². The van der Waals surface area contributed by atoms with E-state index >= 15 is 0 Å². The van der Waals surface area contributed by atoms with Gasteiger partial charge in [-0.25, -0.2) is 4.79 Å². The first kappa shape index (κ1) is 13.1. The van der Waals surface area contributed by atoms with Crippen molar-refractivity contribution in [3.05, 3.63) is 28.6 Å². The summed E-state index contributed by atoms with van der Waals surface area (Å²) in [6.07, 6.45) is 2.98. The molecule has 0 spiro atoms. The summed E-state index contributed by atoms with van der Waals surface area (Å²) in [5, 5.41) is 22.0. The molecule has 2 N–H and O–H groups in total. The molecule has 102 valence electrons.